The lowest BCUT2D eigenvalue weighted by atomic mass is 10.4. The second-order valence-electron chi connectivity index (χ2n) is 2.45. The first-order valence-electron chi connectivity index (χ1n) is 3.44. The van der Waals surface area contributed by atoms with E-state index in [1.165, 1.54) is 0 Å². The molecule has 1 unspecified atom stereocenters. The number of nitrogens with one attached hydrogen (secondary N) is 2. The van der Waals surface area contributed by atoms with Gasteiger partial charge < -0.3 is 5.11 Å². The highest BCUT2D eigenvalue weighted by Crippen LogP contribution is 1.85. The Bertz CT molecular complexity index is 228. The molecule has 0 saturated carbocycles. The van der Waals surface area contributed by atoms with E-state index in [2.05, 4.69) is 15.6 Å². The van der Waals surface area contributed by atoms with Crippen LogP contribution in [0.4, 0.5) is 0 Å². The second-order valence-corrected chi connectivity index (χ2v) is 2.45. The quantitative estimate of drug-likeness (QED) is 0.418. The van der Waals surface area contributed by atoms with Gasteiger partial charge in [0.15, 0.2) is 0 Å². The molecule has 1 atom stereocenters. The average molecular weight is 171 g/mol. The molecule has 0 aromatic rings. The number of hydrogen-bond donors (Lipinski definition) is 3. The molecule has 6 nitrogen and oxygen atoms in total. The smallest absolute Gasteiger partial charge is 0.316 e. The molecule has 1 aliphatic heterocycles. The Labute approximate surface area is 68.7 Å². The molecular weight excluding hydrogens is 162 g/mol. The number of aliphatic hydroxyl groups is 1. The van der Waals surface area contributed by atoms with E-state index in [1.807, 2.05) is 0 Å². The van der Waals surface area contributed by atoms with E-state index in [9.17, 15) is 9.59 Å². The maximum absolute atomic E-state index is 10.6. The van der Waals surface area contributed by atoms with Crippen molar-refractivity contribution in [1.82, 2.24) is 10.6 Å². The van der Waals surface area contributed by atoms with Gasteiger partial charge in [0, 0.05) is 0 Å². The zero-order chi connectivity index (χ0) is 9.14. The minimum atomic E-state index is -0.723. The van der Waals surface area contributed by atoms with E-state index in [4.69, 9.17) is 5.11 Å². The molecule has 2 amide bonds. The van der Waals surface area contributed by atoms with Crippen LogP contribution < -0.4 is 10.6 Å². The Morgan fingerprint density at radius 1 is 1.42 bits per heavy atom. The van der Waals surface area contributed by atoms with Gasteiger partial charge >= 0.3 is 11.8 Å². The normalized spacial score (nSPS) is 18.7. The molecule has 3 N–H and O–H groups in total. The van der Waals surface area contributed by atoms with Gasteiger partial charge in [0.05, 0.1) is 12.6 Å². The summed E-state index contributed by atoms with van der Waals surface area (Å²) in [6.45, 7) is 1.71. The predicted molar refractivity (Wildman–Crippen MR) is 40.3 cm³/mol. The molecule has 1 aliphatic rings. The average Bonchev–Trinajstić information content (AvgIpc) is 2.28. The van der Waals surface area contributed by atoms with Crippen molar-refractivity contribution in [3.05, 3.63) is 0 Å². The number of hydrogen-bond acceptors (Lipinski definition) is 4. The summed E-state index contributed by atoms with van der Waals surface area (Å²) in [7, 11) is 0. The largest absolute Gasteiger partial charge is 0.391 e. The molecule has 0 aromatic carbocycles. The van der Waals surface area contributed by atoms with Crippen LogP contribution in [0.15, 0.2) is 4.99 Å². The number of rotatable bonds is 2. The fourth-order valence-electron chi connectivity index (χ4n) is 0.662. The molecule has 66 valence electrons. The molecule has 0 bridgehead atoms. The van der Waals surface area contributed by atoms with Crippen molar-refractivity contribution in [2.75, 3.05) is 6.54 Å². The van der Waals surface area contributed by atoms with E-state index in [0.717, 1.165) is 0 Å². The van der Waals surface area contributed by atoms with Crippen LogP contribution in [0.2, 0.25) is 0 Å². The van der Waals surface area contributed by atoms with E-state index in [-0.39, 0.29) is 12.5 Å². The van der Waals surface area contributed by atoms with Gasteiger partial charge in [-0.3, -0.25) is 20.2 Å². The van der Waals surface area contributed by atoms with Crippen molar-refractivity contribution in [2.24, 2.45) is 4.99 Å². The number of amides is 2. The number of guanidine groups is 1. The number of carbonyl (C=O) groups is 2. The monoisotopic (exact) mass is 171 g/mol. The molecule has 0 radical (unpaired) electrons. The molecule has 1 fully saturated rings. The summed E-state index contributed by atoms with van der Waals surface area (Å²) in [6.07, 6.45) is -0.591. The van der Waals surface area contributed by atoms with Gasteiger partial charge in [0.2, 0.25) is 5.96 Å². The van der Waals surface area contributed by atoms with Gasteiger partial charge in [0.1, 0.15) is 0 Å². The molecular formula is C6H9N3O3. The zero-order valence-corrected chi connectivity index (χ0v) is 6.50. The molecule has 0 spiro atoms. The summed E-state index contributed by atoms with van der Waals surface area (Å²) in [5, 5.41) is 13.2. The van der Waals surface area contributed by atoms with Crippen LogP contribution in [0.1, 0.15) is 6.92 Å². The van der Waals surface area contributed by atoms with Crippen LogP contribution in [0, 0.1) is 0 Å². The Morgan fingerprint density at radius 3 is 2.33 bits per heavy atom. The Hall–Kier alpha value is -1.43. The van der Waals surface area contributed by atoms with E-state index in [0.29, 0.717) is 0 Å². The lowest BCUT2D eigenvalue weighted by Gasteiger charge is -1.98. The van der Waals surface area contributed by atoms with E-state index >= 15 is 0 Å². The standard InChI is InChI=1S/C6H9N3O3/c1-3(10)2-7-6-8-4(11)5(12)9-6/h3,10H,2H2,1H3,(H2,7,8,9,11,12). The molecule has 1 saturated heterocycles. The number of nitrogens with zero attached hydrogens (tertiary/aromatic N) is 1. The summed E-state index contributed by atoms with van der Waals surface area (Å²) in [6, 6.07) is 0. The highest BCUT2D eigenvalue weighted by molar-refractivity contribution is 6.45. The Balaban J connectivity index is 2.51. The first-order valence-corrected chi connectivity index (χ1v) is 3.44. The molecule has 12 heavy (non-hydrogen) atoms. The van der Waals surface area contributed by atoms with Gasteiger partial charge in [-0.2, -0.15) is 0 Å². The van der Waals surface area contributed by atoms with Gasteiger partial charge in [-0.25, -0.2) is 4.99 Å². The number of aliphatic imine (C=N–C) groups is 1. The Kier molecular flexibility index (Phi) is 2.39. The molecule has 0 aromatic heterocycles. The van der Waals surface area contributed by atoms with Crippen molar-refractivity contribution in [1.29, 1.82) is 0 Å². The number of carbonyl (C=O) groups excluding carboxylic acids is 2. The summed E-state index contributed by atoms with van der Waals surface area (Å²) in [4.78, 5) is 24.9. The second kappa shape index (κ2) is 3.31. The topological polar surface area (TPSA) is 90.8 Å². The number of aliphatic hydroxyl groups excluding tert-OH is 1. The van der Waals surface area contributed by atoms with Crippen LogP contribution in [0.25, 0.3) is 0 Å². The third-order valence-corrected chi connectivity index (χ3v) is 1.18. The maximum atomic E-state index is 10.6. The van der Waals surface area contributed by atoms with Gasteiger partial charge in [-0.15, -0.1) is 0 Å². The molecule has 1 heterocycles. The molecule has 1 rings (SSSR count). The van der Waals surface area contributed by atoms with Crippen LogP contribution >= 0.6 is 0 Å². The Morgan fingerprint density at radius 2 is 1.92 bits per heavy atom. The van der Waals surface area contributed by atoms with Crippen molar-refractivity contribution < 1.29 is 14.7 Å². The highest BCUT2D eigenvalue weighted by Gasteiger charge is 2.24. The maximum Gasteiger partial charge on any atom is 0.316 e. The summed E-state index contributed by atoms with van der Waals surface area (Å²) in [5.74, 6) is -1.34. The van der Waals surface area contributed by atoms with Crippen LogP contribution in [0.3, 0.4) is 0 Å². The predicted octanol–water partition coefficient (Wildman–Crippen LogP) is -2.03. The zero-order valence-electron chi connectivity index (χ0n) is 6.50. The van der Waals surface area contributed by atoms with E-state index in [1.54, 1.807) is 6.92 Å². The van der Waals surface area contributed by atoms with Crippen LogP contribution in [0.5, 0.6) is 0 Å². The summed E-state index contributed by atoms with van der Waals surface area (Å²) >= 11 is 0. The van der Waals surface area contributed by atoms with Crippen molar-refractivity contribution in [3.63, 3.8) is 0 Å². The van der Waals surface area contributed by atoms with Gasteiger partial charge in [0.25, 0.3) is 0 Å². The summed E-state index contributed by atoms with van der Waals surface area (Å²) in [5.41, 5.74) is 0. The van der Waals surface area contributed by atoms with Crippen molar-refractivity contribution >= 4 is 17.8 Å². The van der Waals surface area contributed by atoms with E-state index < -0.39 is 17.9 Å². The first kappa shape index (κ1) is 8.66. The van der Waals surface area contributed by atoms with Crippen LogP contribution in [-0.4, -0.2) is 35.5 Å². The van der Waals surface area contributed by atoms with Crippen molar-refractivity contribution in [3.8, 4) is 0 Å². The lowest BCUT2D eigenvalue weighted by Crippen LogP contribution is -2.27. The van der Waals surface area contributed by atoms with Gasteiger partial charge in [-0.05, 0) is 6.92 Å². The third-order valence-electron chi connectivity index (χ3n) is 1.18. The molecule has 0 aliphatic carbocycles. The SMILES string of the molecule is CC(O)CN=C1NC(=O)C(=O)N1. The molecule has 6 heteroatoms. The third kappa shape index (κ3) is 2.03. The van der Waals surface area contributed by atoms with Crippen molar-refractivity contribution in [2.45, 2.75) is 13.0 Å². The fraction of sp³-hybridized carbons (Fsp3) is 0.500. The summed E-state index contributed by atoms with van der Waals surface area (Å²) < 4.78 is 0. The lowest BCUT2D eigenvalue weighted by molar-refractivity contribution is -0.135. The van der Waals surface area contributed by atoms with Crippen LogP contribution in [-0.2, 0) is 9.59 Å². The minimum Gasteiger partial charge on any atom is -0.391 e. The first-order chi connectivity index (χ1) is 5.59. The fourth-order valence-corrected chi connectivity index (χ4v) is 0.662. The van der Waals surface area contributed by atoms with Gasteiger partial charge in [-0.1, -0.05) is 0 Å². The highest BCUT2D eigenvalue weighted by atomic mass is 16.3. The minimum absolute atomic E-state index is 0.103.